The van der Waals surface area contributed by atoms with Crippen molar-refractivity contribution in [1.29, 1.82) is 5.26 Å². The van der Waals surface area contributed by atoms with Crippen molar-refractivity contribution < 1.29 is 17.5 Å². The number of ether oxygens (including phenoxy) is 1. The Kier molecular flexibility index (Phi) is 6.23. The van der Waals surface area contributed by atoms with Crippen molar-refractivity contribution in [3.63, 3.8) is 0 Å². The molecule has 1 aliphatic heterocycles. The highest BCUT2D eigenvalue weighted by molar-refractivity contribution is 9.10. The quantitative estimate of drug-likeness (QED) is 0.609. The van der Waals surface area contributed by atoms with Crippen LogP contribution in [0.3, 0.4) is 0 Å². The van der Waals surface area contributed by atoms with E-state index in [0.717, 1.165) is 0 Å². The average molecular weight is 468 g/mol. The van der Waals surface area contributed by atoms with Gasteiger partial charge in [-0.15, -0.1) is 0 Å². The number of halogens is 2. The van der Waals surface area contributed by atoms with Crippen LogP contribution in [0.25, 0.3) is 0 Å². The minimum Gasteiger partial charge on any atom is -0.495 e. The van der Waals surface area contributed by atoms with Gasteiger partial charge in [-0.05, 0) is 42.3 Å². The first-order chi connectivity index (χ1) is 13.3. The molecule has 1 saturated heterocycles. The van der Waals surface area contributed by atoms with Gasteiger partial charge in [0, 0.05) is 30.1 Å². The number of hydrogen-bond donors (Lipinski definition) is 0. The number of nitriles is 1. The lowest BCUT2D eigenvalue weighted by Gasteiger charge is -2.28. The van der Waals surface area contributed by atoms with E-state index >= 15 is 0 Å². The molecule has 6 nitrogen and oxygen atoms in total. The molecule has 1 fully saturated rings. The largest absolute Gasteiger partial charge is 0.495 e. The Balaban J connectivity index is 2.03. The fourth-order valence-corrected chi connectivity index (χ4v) is 5.56. The van der Waals surface area contributed by atoms with Crippen LogP contribution in [0.4, 0.5) is 4.39 Å². The van der Waals surface area contributed by atoms with E-state index in [2.05, 4.69) is 22.1 Å². The summed E-state index contributed by atoms with van der Waals surface area (Å²) in [6, 6.07) is 10.1. The number of hydrogen-bond acceptors (Lipinski definition) is 5. The van der Waals surface area contributed by atoms with E-state index < -0.39 is 10.0 Å². The first kappa shape index (κ1) is 20.6. The summed E-state index contributed by atoms with van der Waals surface area (Å²) >= 11 is 3.31. The topological polar surface area (TPSA) is 73.6 Å². The molecule has 0 radical (unpaired) electrons. The van der Waals surface area contributed by atoms with E-state index in [4.69, 9.17) is 10.00 Å². The van der Waals surface area contributed by atoms with E-state index in [1.54, 1.807) is 24.3 Å². The molecule has 28 heavy (non-hydrogen) atoms. The van der Waals surface area contributed by atoms with Crippen molar-refractivity contribution >= 4 is 26.0 Å². The van der Waals surface area contributed by atoms with Gasteiger partial charge in [-0.1, -0.05) is 28.1 Å². The third kappa shape index (κ3) is 4.29. The summed E-state index contributed by atoms with van der Waals surface area (Å²) in [6.45, 7) is 0.877. The minimum absolute atomic E-state index is 0.0434. The van der Waals surface area contributed by atoms with Crippen LogP contribution in [0, 0.1) is 17.3 Å². The first-order valence-electron chi connectivity index (χ1n) is 8.59. The van der Waals surface area contributed by atoms with E-state index in [0.29, 0.717) is 29.5 Å². The molecule has 0 spiro atoms. The molecule has 3 rings (SSSR count). The summed E-state index contributed by atoms with van der Waals surface area (Å²) in [7, 11) is -2.52. The van der Waals surface area contributed by atoms with Gasteiger partial charge >= 0.3 is 0 Å². The Labute approximate surface area is 172 Å². The molecule has 2 aromatic rings. The molecule has 148 valence electrons. The van der Waals surface area contributed by atoms with Crippen LogP contribution in [0.2, 0.25) is 0 Å². The number of likely N-dealkylation sites (tertiary alicyclic amines) is 1. The monoisotopic (exact) mass is 467 g/mol. The van der Waals surface area contributed by atoms with Crippen LogP contribution in [0.5, 0.6) is 5.75 Å². The van der Waals surface area contributed by atoms with E-state index in [1.807, 2.05) is 0 Å². The highest BCUT2D eigenvalue weighted by atomic mass is 79.9. The smallest absolute Gasteiger partial charge is 0.247 e. The normalized spacial score (nSPS) is 17.0. The second-order valence-electron chi connectivity index (χ2n) is 6.46. The van der Waals surface area contributed by atoms with Gasteiger partial charge in [0.2, 0.25) is 10.0 Å². The Bertz CT molecular complexity index is 992. The molecule has 0 aliphatic carbocycles. The fraction of sp³-hybridized carbons (Fsp3) is 0.316. The molecule has 2 aromatic carbocycles. The highest BCUT2D eigenvalue weighted by Crippen LogP contribution is 2.33. The van der Waals surface area contributed by atoms with E-state index in [9.17, 15) is 12.8 Å². The Morgan fingerprint density at radius 3 is 2.64 bits per heavy atom. The molecule has 1 aliphatic rings. The zero-order chi connectivity index (χ0) is 20.3. The van der Waals surface area contributed by atoms with Gasteiger partial charge in [0.05, 0.1) is 7.11 Å². The van der Waals surface area contributed by atoms with Crippen LogP contribution in [0.15, 0.2) is 51.8 Å². The summed E-state index contributed by atoms with van der Waals surface area (Å²) in [6.07, 6.45) is 2.61. The summed E-state index contributed by atoms with van der Waals surface area (Å²) < 4.78 is 47.7. The second-order valence-corrected chi connectivity index (χ2v) is 9.24. The molecule has 9 heteroatoms. The molecule has 1 atom stereocenters. The third-order valence-corrected chi connectivity index (χ3v) is 7.09. The lowest BCUT2D eigenvalue weighted by Crippen LogP contribution is -2.41. The molecular formula is C19H19BrFN3O3S. The first-order valence-corrected chi connectivity index (χ1v) is 10.8. The van der Waals surface area contributed by atoms with Crippen LogP contribution in [-0.4, -0.2) is 43.9 Å². The van der Waals surface area contributed by atoms with Crippen molar-refractivity contribution in [2.75, 3.05) is 20.2 Å². The van der Waals surface area contributed by atoms with Gasteiger partial charge in [0.1, 0.15) is 16.5 Å². The molecule has 0 amide bonds. The minimum atomic E-state index is -3.94. The highest BCUT2D eigenvalue weighted by Gasteiger charge is 2.37. The van der Waals surface area contributed by atoms with Crippen molar-refractivity contribution in [3.8, 4) is 11.9 Å². The maximum absolute atomic E-state index is 13.6. The molecule has 1 unspecified atom stereocenters. The number of benzene rings is 2. The van der Waals surface area contributed by atoms with Crippen molar-refractivity contribution in [2.45, 2.75) is 23.9 Å². The summed E-state index contributed by atoms with van der Waals surface area (Å²) in [5, 5.41) is 9.16. The Morgan fingerprint density at radius 2 is 2.04 bits per heavy atom. The van der Waals surface area contributed by atoms with Crippen LogP contribution >= 0.6 is 15.9 Å². The summed E-state index contributed by atoms with van der Waals surface area (Å²) in [5.74, 6) is -0.147. The standard InChI is InChI=1S/C19H19BrFN3O3S/c1-27-18-7-4-15(20)10-19(18)28(25,26)24(17-8-9-23(12-17)13-22)11-14-2-5-16(21)6-3-14/h2-7,10,17H,8-9,11-12H2,1H3. The van der Waals surface area contributed by atoms with E-state index in [1.165, 1.54) is 34.5 Å². The SMILES string of the molecule is COc1ccc(Br)cc1S(=O)(=O)N(Cc1ccc(F)cc1)C1CCN(C#N)C1. The summed E-state index contributed by atoms with van der Waals surface area (Å²) in [5.41, 5.74) is 0.661. The van der Waals surface area contributed by atoms with Gasteiger partial charge in [-0.25, -0.2) is 12.8 Å². The Hall–Kier alpha value is -2.15. The fourth-order valence-electron chi connectivity index (χ4n) is 3.23. The number of methoxy groups -OCH3 is 1. The maximum Gasteiger partial charge on any atom is 0.247 e. The number of nitrogens with zero attached hydrogens (tertiary/aromatic N) is 3. The number of sulfonamides is 1. The lowest BCUT2D eigenvalue weighted by molar-refractivity contribution is 0.311. The molecule has 1 heterocycles. The molecular weight excluding hydrogens is 449 g/mol. The van der Waals surface area contributed by atoms with Crippen LogP contribution in [0.1, 0.15) is 12.0 Å². The average Bonchev–Trinajstić information content (AvgIpc) is 3.16. The number of rotatable bonds is 6. The van der Waals surface area contributed by atoms with Gasteiger partial charge in [0.25, 0.3) is 0 Å². The van der Waals surface area contributed by atoms with Gasteiger partial charge < -0.3 is 9.64 Å². The predicted octanol–water partition coefficient (Wildman–Crippen LogP) is 3.34. The summed E-state index contributed by atoms with van der Waals surface area (Å²) in [4.78, 5) is 1.58. The molecule has 0 aromatic heterocycles. The zero-order valence-electron chi connectivity index (χ0n) is 15.2. The van der Waals surface area contributed by atoms with Gasteiger partial charge in [-0.3, -0.25) is 0 Å². The molecule has 0 N–H and O–H groups in total. The molecule has 0 saturated carbocycles. The van der Waals surface area contributed by atoms with Gasteiger partial charge in [-0.2, -0.15) is 9.57 Å². The van der Waals surface area contributed by atoms with Crippen molar-refractivity contribution in [1.82, 2.24) is 9.21 Å². The lowest BCUT2D eigenvalue weighted by atomic mass is 10.2. The third-order valence-electron chi connectivity index (χ3n) is 4.68. The van der Waals surface area contributed by atoms with Crippen molar-refractivity contribution in [2.24, 2.45) is 0 Å². The van der Waals surface area contributed by atoms with E-state index in [-0.39, 0.29) is 29.0 Å². The second kappa shape index (κ2) is 8.47. The van der Waals surface area contributed by atoms with Gasteiger partial charge in [0.15, 0.2) is 6.19 Å². The Morgan fingerprint density at radius 1 is 1.32 bits per heavy atom. The predicted molar refractivity (Wildman–Crippen MR) is 105 cm³/mol. The van der Waals surface area contributed by atoms with Crippen LogP contribution in [-0.2, 0) is 16.6 Å². The zero-order valence-corrected chi connectivity index (χ0v) is 17.6. The van der Waals surface area contributed by atoms with Crippen LogP contribution < -0.4 is 4.74 Å². The van der Waals surface area contributed by atoms with Crippen molar-refractivity contribution in [3.05, 3.63) is 58.3 Å². The maximum atomic E-state index is 13.6. The molecule has 0 bridgehead atoms.